The second-order valence-corrected chi connectivity index (χ2v) is 6.25. The molecule has 21 heavy (non-hydrogen) atoms. The molecule has 0 aromatic heterocycles. The van der Waals surface area contributed by atoms with Crippen molar-refractivity contribution in [2.75, 3.05) is 32.1 Å². The normalized spacial score (nSPS) is 11.6. The maximum absolute atomic E-state index is 12.5. The van der Waals surface area contributed by atoms with E-state index in [4.69, 9.17) is 5.11 Å². The molecule has 0 unspecified atom stereocenters. The van der Waals surface area contributed by atoms with E-state index >= 15 is 0 Å². The summed E-state index contributed by atoms with van der Waals surface area (Å²) >= 11 is 0. The van der Waals surface area contributed by atoms with Gasteiger partial charge in [-0.15, -0.1) is 0 Å². The molecule has 0 atom stereocenters. The molecule has 2 N–H and O–H groups in total. The third kappa shape index (κ3) is 3.90. The van der Waals surface area contributed by atoms with Crippen LogP contribution in [0.25, 0.3) is 0 Å². The highest BCUT2D eigenvalue weighted by molar-refractivity contribution is 7.89. The Labute approximate surface area is 123 Å². The van der Waals surface area contributed by atoms with Crippen LogP contribution < -0.4 is 5.32 Å². The maximum Gasteiger partial charge on any atom is 0.293 e. The predicted octanol–water partition coefficient (Wildman–Crippen LogP) is 1.03. The Kier molecular flexibility index (Phi) is 6.06. The number of nitro benzene ring substituents is 1. The highest BCUT2D eigenvalue weighted by Gasteiger charge is 2.26. The van der Waals surface area contributed by atoms with Gasteiger partial charge in [-0.05, 0) is 18.6 Å². The number of hydrogen-bond acceptors (Lipinski definition) is 6. The Morgan fingerprint density at radius 2 is 2.05 bits per heavy atom. The van der Waals surface area contributed by atoms with Gasteiger partial charge in [0.05, 0.1) is 16.4 Å². The van der Waals surface area contributed by atoms with Gasteiger partial charge in [-0.3, -0.25) is 10.1 Å². The Balaban J connectivity index is 3.30. The molecule has 0 aliphatic rings. The molecule has 0 bridgehead atoms. The van der Waals surface area contributed by atoms with E-state index in [2.05, 4.69) is 5.32 Å². The van der Waals surface area contributed by atoms with E-state index in [-0.39, 0.29) is 36.0 Å². The molecule has 0 amide bonds. The van der Waals surface area contributed by atoms with Gasteiger partial charge in [-0.2, -0.15) is 4.31 Å². The van der Waals surface area contributed by atoms with Crippen LogP contribution in [0.15, 0.2) is 23.1 Å². The fourth-order valence-electron chi connectivity index (χ4n) is 1.90. The number of rotatable bonds is 8. The molecule has 0 spiro atoms. The Hall–Kier alpha value is -1.71. The second-order valence-electron chi connectivity index (χ2n) is 4.31. The maximum atomic E-state index is 12.5. The molecule has 0 aliphatic heterocycles. The van der Waals surface area contributed by atoms with Gasteiger partial charge in [-0.25, -0.2) is 8.42 Å². The summed E-state index contributed by atoms with van der Waals surface area (Å²) in [6.45, 7) is 1.70. The molecular formula is C12H19N3O5S. The Morgan fingerprint density at radius 3 is 2.52 bits per heavy atom. The van der Waals surface area contributed by atoms with Gasteiger partial charge < -0.3 is 10.4 Å². The lowest BCUT2D eigenvalue weighted by atomic mass is 10.3. The molecule has 0 heterocycles. The summed E-state index contributed by atoms with van der Waals surface area (Å²) in [7, 11) is -2.35. The van der Waals surface area contributed by atoms with Crippen molar-refractivity contribution in [3.63, 3.8) is 0 Å². The first-order chi connectivity index (χ1) is 9.88. The monoisotopic (exact) mass is 317 g/mol. The lowest BCUT2D eigenvalue weighted by Crippen LogP contribution is -2.34. The van der Waals surface area contributed by atoms with Crippen molar-refractivity contribution in [3.05, 3.63) is 28.3 Å². The molecule has 0 saturated heterocycles. The van der Waals surface area contributed by atoms with E-state index in [1.165, 1.54) is 19.2 Å². The number of benzene rings is 1. The average Bonchev–Trinajstić information content (AvgIpc) is 2.46. The first-order valence-corrected chi connectivity index (χ1v) is 7.89. The van der Waals surface area contributed by atoms with Crippen molar-refractivity contribution in [2.24, 2.45) is 0 Å². The first-order valence-electron chi connectivity index (χ1n) is 6.45. The van der Waals surface area contributed by atoms with Crippen molar-refractivity contribution < 1.29 is 18.4 Å². The van der Waals surface area contributed by atoms with Crippen LogP contribution in [-0.2, 0) is 10.0 Å². The molecule has 8 nitrogen and oxygen atoms in total. The highest BCUT2D eigenvalue weighted by atomic mass is 32.2. The van der Waals surface area contributed by atoms with Crippen LogP contribution in [0, 0.1) is 10.1 Å². The average molecular weight is 317 g/mol. The summed E-state index contributed by atoms with van der Waals surface area (Å²) in [4.78, 5) is 10.2. The molecule has 118 valence electrons. The van der Waals surface area contributed by atoms with E-state index in [9.17, 15) is 18.5 Å². The van der Waals surface area contributed by atoms with Crippen molar-refractivity contribution in [1.29, 1.82) is 0 Å². The van der Waals surface area contributed by atoms with Gasteiger partial charge in [0.2, 0.25) is 10.0 Å². The highest BCUT2D eigenvalue weighted by Crippen LogP contribution is 2.28. The topological polar surface area (TPSA) is 113 Å². The van der Waals surface area contributed by atoms with Crippen molar-refractivity contribution in [2.45, 2.75) is 18.2 Å². The fraction of sp³-hybridized carbons (Fsp3) is 0.500. The largest absolute Gasteiger partial charge is 0.395 e. The minimum Gasteiger partial charge on any atom is -0.395 e. The molecule has 1 aromatic carbocycles. The number of nitrogens with one attached hydrogen (secondary N) is 1. The summed E-state index contributed by atoms with van der Waals surface area (Å²) in [5.41, 5.74) is -0.0674. The molecule has 1 aromatic rings. The van der Waals surface area contributed by atoms with Gasteiger partial charge in [0.15, 0.2) is 0 Å². The Morgan fingerprint density at radius 1 is 1.38 bits per heavy atom. The molecular weight excluding hydrogens is 298 g/mol. The minimum atomic E-state index is -3.87. The number of nitrogens with zero attached hydrogens (tertiary/aromatic N) is 2. The standard InChI is InChI=1S/C12H19N3O5S/c1-3-6-14(7-8-16)21(19,20)10-4-5-11(13-2)12(9-10)15(17)18/h4-5,9,13,16H,3,6-8H2,1-2H3. The lowest BCUT2D eigenvalue weighted by Gasteiger charge is -2.20. The summed E-state index contributed by atoms with van der Waals surface area (Å²) < 4.78 is 26.0. The van der Waals surface area contributed by atoms with Gasteiger partial charge in [0.25, 0.3) is 5.69 Å². The van der Waals surface area contributed by atoms with Crippen LogP contribution in [0.2, 0.25) is 0 Å². The van der Waals surface area contributed by atoms with Gasteiger partial charge in [0, 0.05) is 26.2 Å². The van der Waals surface area contributed by atoms with E-state index in [1.807, 2.05) is 6.92 Å². The molecule has 0 aliphatic carbocycles. The van der Waals surface area contributed by atoms with E-state index in [0.717, 1.165) is 10.4 Å². The lowest BCUT2D eigenvalue weighted by molar-refractivity contribution is -0.384. The summed E-state index contributed by atoms with van der Waals surface area (Å²) in [6.07, 6.45) is 0.579. The zero-order valence-electron chi connectivity index (χ0n) is 11.9. The van der Waals surface area contributed by atoms with Gasteiger partial charge in [-0.1, -0.05) is 6.92 Å². The van der Waals surface area contributed by atoms with E-state index in [1.54, 1.807) is 0 Å². The third-order valence-corrected chi connectivity index (χ3v) is 4.79. The number of sulfonamides is 1. The third-order valence-electron chi connectivity index (χ3n) is 2.90. The minimum absolute atomic E-state index is 0.0439. The van der Waals surface area contributed by atoms with Crippen LogP contribution in [0.3, 0.4) is 0 Å². The number of nitro groups is 1. The number of aliphatic hydroxyl groups is 1. The zero-order chi connectivity index (χ0) is 16.0. The van der Waals surface area contributed by atoms with Crippen LogP contribution in [-0.4, -0.2) is 49.5 Å². The van der Waals surface area contributed by atoms with Crippen molar-refractivity contribution in [3.8, 4) is 0 Å². The molecule has 9 heteroatoms. The number of aliphatic hydroxyl groups excluding tert-OH is 1. The zero-order valence-corrected chi connectivity index (χ0v) is 12.8. The first kappa shape index (κ1) is 17.3. The quantitative estimate of drug-likeness (QED) is 0.547. The van der Waals surface area contributed by atoms with Crippen molar-refractivity contribution in [1.82, 2.24) is 4.31 Å². The second kappa shape index (κ2) is 7.34. The van der Waals surface area contributed by atoms with Gasteiger partial charge >= 0.3 is 0 Å². The van der Waals surface area contributed by atoms with Crippen LogP contribution in [0.4, 0.5) is 11.4 Å². The van der Waals surface area contributed by atoms with Crippen LogP contribution >= 0.6 is 0 Å². The molecule has 0 fully saturated rings. The van der Waals surface area contributed by atoms with Crippen molar-refractivity contribution >= 4 is 21.4 Å². The summed E-state index contributed by atoms with van der Waals surface area (Å²) in [5, 5.41) is 22.6. The predicted molar refractivity (Wildman–Crippen MR) is 78.8 cm³/mol. The summed E-state index contributed by atoms with van der Waals surface area (Å²) in [5.74, 6) is 0. The Bertz CT molecular complexity index is 597. The fourth-order valence-corrected chi connectivity index (χ4v) is 3.44. The van der Waals surface area contributed by atoms with Gasteiger partial charge in [0.1, 0.15) is 5.69 Å². The molecule has 0 saturated carbocycles. The number of hydrogen-bond donors (Lipinski definition) is 2. The molecule has 1 rings (SSSR count). The van der Waals surface area contributed by atoms with E-state index in [0.29, 0.717) is 6.42 Å². The number of anilines is 1. The SMILES string of the molecule is CCCN(CCO)S(=O)(=O)c1ccc(NC)c([N+](=O)[O-])c1. The van der Waals surface area contributed by atoms with E-state index < -0.39 is 14.9 Å². The summed E-state index contributed by atoms with van der Waals surface area (Å²) in [6, 6.07) is 3.70. The van der Waals surface area contributed by atoms with Crippen LogP contribution in [0.5, 0.6) is 0 Å². The smallest absolute Gasteiger partial charge is 0.293 e. The van der Waals surface area contributed by atoms with Crippen LogP contribution in [0.1, 0.15) is 13.3 Å². The molecule has 0 radical (unpaired) electrons.